The van der Waals surface area contributed by atoms with E-state index in [0.717, 1.165) is 37.6 Å². The molecule has 0 saturated carbocycles. The summed E-state index contributed by atoms with van der Waals surface area (Å²) < 4.78 is 5.59. The number of anilines is 1. The number of nitrogens with one attached hydrogen (secondary N) is 1. The van der Waals surface area contributed by atoms with E-state index in [1.807, 2.05) is 17.9 Å². The third-order valence-corrected chi connectivity index (χ3v) is 4.76. The van der Waals surface area contributed by atoms with Gasteiger partial charge in [-0.05, 0) is 30.5 Å². The lowest BCUT2D eigenvalue weighted by Crippen LogP contribution is -2.46. The summed E-state index contributed by atoms with van der Waals surface area (Å²) in [7, 11) is 0. The first-order valence-electron chi connectivity index (χ1n) is 8.63. The van der Waals surface area contributed by atoms with Crippen molar-refractivity contribution in [3.05, 3.63) is 23.8 Å². The molecule has 1 aromatic rings. The largest absolute Gasteiger partial charge is 0.482 e. The molecule has 0 radical (unpaired) electrons. The SMILES string of the molecule is CCN1C(=O)COc2ccc(C(C(C)C)N3CCNCC3)cc21. The standard InChI is InChI=1S/C18H27N3O2/c1-4-21-15-11-14(5-6-16(15)23-12-17(21)22)18(13(2)3)20-9-7-19-8-10-20/h5-6,11,13,18-19H,4,7-10,12H2,1-3H3. The zero-order valence-corrected chi connectivity index (χ0v) is 14.3. The molecule has 1 amide bonds. The lowest BCUT2D eigenvalue weighted by molar-refractivity contribution is -0.121. The van der Waals surface area contributed by atoms with Crippen molar-refractivity contribution in [3.8, 4) is 5.75 Å². The number of hydrogen-bond donors (Lipinski definition) is 1. The Morgan fingerprint density at radius 2 is 2.00 bits per heavy atom. The minimum absolute atomic E-state index is 0.0421. The number of fused-ring (bicyclic) bond motifs is 1. The van der Waals surface area contributed by atoms with Crippen LogP contribution in [0.3, 0.4) is 0 Å². The fourth-order valence-corrected chi connectivity index (χ4v) is 3.73. The number of nitrogens with zero attached hydrogens (tertiary/aromatic N) is 2. The molecular formula is C18H27N3O2. The van der Waals surface area contributed by atoms with Crippen LogP contribution in [0.5, 0.6) is 5.75 Å². The minimum atomic E-state index is 0.0421. The number of piperazine rings is 1. The molecule has 0 aromatic heterocycles. The van der Waals surface area contributed by atoms with Crippen LogP contribution in [0.4, 0.5) is 5.69 Å². The molecule has 0 aliphatic carbocycles. The fourth-order valence-electron chi connectivity index (χ4n) is 3.73. The molecule has 2 heterocycles. The van der Waals surface area contributed by atoms with Crippen molar-refractivity contribution >= 4 is 11.6 Å². The average Bonchev–Trinajstić information content (AvgIpc) is 2.55. The summed E-state index contributed by atoms with van der Waals surface area (Å²) >= 11 is 0. The minimum Gasteiger partial charge on any atom is -0.482 e. The summed E-state index contributed by atoms with van der Waals surface area (Å²) in [5, 5.41) is 3.42. The Labute approximate surface area is 138 Å². The van der Waals surface area contributed by atoms with Crippen LogP contribution < -0.4 is 15.0 Å². The molecule has 0 bridgehead atoms. The van der Waals surface area contributed by atoms with Gasteiger partial charge in [-0.15, -0.1) is 0 Å². The van der Waals surface area contributed by atoms with Gasteiger partial charge in [0.1, 0.15) is 5.75 Å². The molecule has 1 N–H and O–H groups in total. The van der Waals surface area contributed by atoms with E-state index in [9.17, 15) is 4.79 Å². The van der Waals surface area contributed by atoms with Crippen LogP contribution in [0.1, 0.15) is 32.4 Å². The highest BCUT2D eigenvalue weighted by molar-refractivity contribution is 5.97. The number of carbonyl (C=O) groups excluding carboxylic acids is 1. The molecule has 1 aromatic carbocycles. The molecule has 5 heteroatoms. The van der Waals surface area contributed by atoms with E-state index in [1.165, 1.54) is 5.56 Å². The smallest absolute Gasteiger partial charge is 0.265 e. The van der Waals surface area contributed by atoms with Gasteiger partial charge in [0.25, 0.3) is 5.91 Å². The molecule has 126 valence electrons. The summed E-state index contributed by atoms with van der Waals surface area (Å²) in [6.45, 7) is 11.6. The molecule has 1 fully saturated rings. The van der Waals surface area contributed by atoms with Gasteiger partial charge in [0, 0.05) is 38.8 Å². The number of rotatable bonds is 4. The van der Waals surface area contributed by atoms with Gasteiger partial charge in [0.05, 0.1) is 5.69 Å². The molecule has 1 atom stereocenters. The van der Waals surface area contributed by atoms with E-state index in [4.69, 9.17) is 4.74 Å². The van der Waals surface area contributed by atoms with E-state index in [1.54, 1.807) is 0 Å². The van der Waals surface area contributed by atoms with Gasteiger partial charge in [-0.25, -0.2) is 0 Å². The van der Waals surface area contributed by atoms with Crippen LogP contribution in [0.25, 0.3) is 0 Å². The van der Waals surface area contributed by atoms with E-state index < -0.39 is 0 Å². The van der Waals surface area contributed by atoms with Crippen LogP contribution in [0.15, 0.2) is 18.2 Å². The van der Waals surface area contributed by atoms with Crippen LogP contribution in [0.2, 0.25) is 0 Å². The Balaban J connectivity index is 1.94. The molecule has 23 heavy (non-hydrogen) atoms. The second-order valence-corrected chi connectivity index (χ2v) is 6.63. The summed E-state index contributed by atoms with van der Waals surface area (Å²) in [6.07, 6.45) is 0. The monoisotopic (exact) mass is 317 g/mol. The van der Waals surface area contributed by atoms with Crippen molar-refractivity contribution in [2.24, 2.45) is 5.92 Å². The maximum Gasteiger partial charge on any atom is 0.265 e. The van der Waals surface area contributed by atoms with Gasteiger partial charge >= 0.3 is 0 Å². The fraction of sp³-hybridized carbons (Fsp3) is 0.611. The highest BCUT2D eigenvalue weighted by Crippen LogP contribution is 2.37. The molecule has 3 rings (SSSR count). The van der Waals surface area contributed by atoms with E-state index in [2.05, 4.69) is 36.2 Å². The van der Waals surface area contributed by atoms with Gasteiger partial charge in [-0.2, -0.15) is 0 Å². The predicted octanol–water partition coefficient (Wildman–Crippen LogP) is 2.03. The van der Waals surface area contributed by atoms with Crippen LogP contribution in [-0.2, 0) is 4.79 Å². The topological polar surface area (TPSA) is 44.8 Å². The summed E-state index contributed by atoms with van der Waals surface area (Å²) in [5.74, 6) is 1.37. The first-order valence-corrected chi connectivity index (χ1v) is 8.63. The Bertz CT molecular complexity index is 567. The van der Waals surface area contributed by atoms with Crippen molar-refractivity contribution in [3.63, 3.8) is 0 Å². The zero-order valence-electron chi connectivity index (χ0n) is 14.3. The van der Waals surface area contributed by atoms with Gasteiger partial charge in [-0.3, -0.25) is 9.69 Å². The third kappa shape index (κ3) is 3.21. The lowest BCUT2D eigenvalue weighted by atomic mass is 9.93. The van der Waals surface area contributed by atoms with Crippen LogP contribution in [0, 0.1) is 5.92 Å². The third-order valence-electron chi connectivity index (χ3n) is 4.76. The molecular weight excluding hydrogens is 290 g/mol. The van der Waals surface area contributed by atoms with Gasteiger partial charge < -0.3 is 15.0 Å². The summed E-state index contributed by atoms with van der Waals surface area (Å²) in [4.78, 5) is 16.5. The Morgan fingerprint density at radius 1 is 1.26 bits per heavy atom. The molecule has 2 aliphatic heterocycles. The Hall–Kier alpha value is -1.59. The molecule has 1 saturated heterocycles. The summed E-state index contributed by atoms with van der Waals surface area (Å²) in [6, 6.07) is 6.72. The summed E-state index contributed by atoms with van der Waals surface area (Å²) in [5.41, 5.74) is 2.19. The number of amides is 1. The second kappa shape index (κ2) is 6.89. The number of likely N-dealkylation sites (N-methyl/N-ethyl adjacent to an activating group) is 1. The highest BCUT2D eigenvalue weighted by Gasteiger charge is 2.29. The molecule has 2 aliphatic rings. The van der Waals surface area contributed by atoms with Crippen LogP contribution >= 0.6 is 0 Å². The van der Waals surface area contributed by atoms with Gasteiger partial charge in [-0.1, -0.05) is 19.9 Å². The zero-order chi connectivity index (χ0) is 16.4. The number of ether oxygens (including phenoxy) is 1. The number of hydrogen-bond acceptors (Lipinski definition) is 4. The van der Waals surface area contributed by atoms with Gasteiger partial charge in [0.2, 0.25) is 0 Å². The Kier molecular flexibility index (Phi) is 4.87. The maximum absolute atomic E-state index is 12.1. The number of benzene rings is 1. The normalized spacial score (nSPS) is 20.3. The average molecular weight is 317 g/mol. The predicted molar refractivity (Wildman–Crippen MR) is 92.0 cm³/mol. The maximum atomic E-state index is 12.1. The van der Waals surface area contributed by atoms with E-state index >= 15 is 0 Å². The van der Waals surface area contributed by atoms with Crippen LogP contribution in [-0.4, -0.2) is 50.1 Å². The Morgan fingerprint density at radius 3 is 2.65 bits per heavy atom. The lowest BCUT2D eigenvalue weighted by Gasteiger charge is -2.38. The molecule has 1 unspecified atom stereocenters. The van der Waals surface area contributed by atoms with Crippen molar-refractivity contribution in [1.29, 1.82) is 0 Å². The first kappa shape index (κ1) is 16.3. The quantitative estimate of drug-likeness (QED) is 0.923. The van der Waals surface area contributed by atoms with Crippen molar-refractivity contribution in [2.75, 3.05) is 44.2 Å². The number of carbonyl (C=O) groups is 1. The highest BCUT2D eigenvalue weighted by atomic mass is 16.5. The van der Waals surface area contributed by atoms with Crippen molar-refractivity contribution in [1.82, 2.24) is 10.2 Å². The first-order chi connectivity index (χ1) is 11.1. The van der Waals surface area contributed by atoms with E-state index in [0.29, 0.717) is 18.5 Å². The van der Waals surface area contributed by atoms with E-state index in [-0.39, 0.29) is 12.5 Å². The van der Waals surface area contributed by atoms with Crippen molar-refractivity contribution in [2.45, 2.75) is 26.8 Å². The molecule has 0 spiro atoms. The van der Waals surface area contributed by atoms with Crippen molar-refractivity contribution < 1.29 is 9.53 Å². The van der Waals surface area contributed by atoms with Gasteiger partial charge in [0.15, 0.2) is 6.61 Å². The second-order valence-electron chi connectivity index (χ2n) is 6.63. The molecule has 5 nitrogen and oxygen atoms in total.